The highest BCUT2D eigenvalue weighted by molar-refractivity contribution is 6.33. The molecule has 0 atom stereocenters. The third kappa shape index (κ3) is 3.11. The Labute approximate surface area is 121 Å². The van der Waals surface area contributed by atoms with Gasteiger partial charge in [-0.05, 0) is 12.8 Å². The van der Waals surface area contributed by atoms with Crippen LogP contribution in [0.1, 0.15) is 12.8 Å². The number of likely N-dealkylation sites (tertiary alicyclic amines) is 1. The Balaban J connectivity index is 2.09. The molecule has 1 aliphatic heterocycles. The lowest BCUT2D eigenvalue weighted by atomic mass is 10.4. The molecule has 106 valence electrons. The van der Waals surface area contributed by atoms with E-state index in [1.807, 2.05) is 0 Å². The number of hydrogen-bond donors (Lipinski definition) is 1. The molecule has 0 unspecified atom stereocenters. The van der Waals surface area contributed by atoms with Crippen LogP contribution in [0.4, 0.5) is 5.69 Å². The summed E-state index contributed by atoms with van der Waals surface area (Å²) in [6.45, 7) is 1.64. The lowest BCUT2D eigenvalue weighted by molar-refractivity contribution is -0.128. The summed E-state index contributed by atoms with van der Waals surface area (Å²) in [4.78, 5) is 25.7. The summed E-state index contributed by atoms with van der Waals surface area (Å²) in [7, 11) is 0. The summed E-state index contributed by atoms with van der Waals surface area (Å²) in [6.07, 6.45) is 8.54. The number of amides is 1. The molecule has 1 N–H and O–H groups in total. The van der Waals surface area contributed by atoms with Crippen molar-refractivity contribution in [2.24, 2.45) is 0 Å². The molecule has 1 amide bonds. The molecule has 0 radical (unpaired) electrons. The molecule has 7 heteroatoms. The molecule has 0 saturated carbocycles. The predicted molar refractivity (Wildman–Crippen MR) is 76.6 cm³/mol. The molecule has 2 heterocycles. The molecule has 0 bridgehead atoms. The first-order valence-corrected chi connectivity index (χ1v) is 6.72. The maximum absolute atomic E-state index is 12.0. The minimum Gasteiger partial charge on any atom is -0.370 e. The van der Waals surface area contributed by atoms with Crippen LogP contribution in [0.25, 0.3) is 0 Å². The molecule has 1 aromatic heterocycles. The van der Waals surface area contributed by atoms with Crippen LogP contribution in [0.15, 0.2) is 11.0 Å². The van der Waals surface area contributed by atoms with E-state index in [9.17, 15) is 9.59 Å². The second kappa shape index (κ2) is 6.44. The van der Waals surface area contributed by atoms with Gasteiger partial charge in [0.2, 0.25) is 5.91 Å². The third-order valence-electron chi connectivity index (χ3n) is 3.11. The van der Waals surface area contributed by atoms with Crippen molar-refractivity contribution in [3.8, 4) is 12.3 Å². The molecule has 1 aliphatic rings. The van der Waals surface area contributed by atoms with E-state index >= 15 is 0 Å². The monoisotopic (exact) mass is 294 g/mol. The fourth-order valence-corrected chi connectivity index (χ4v) is 2.26. The van der Waals surface area contributed by atoms with E-state index in [0.717, 1.165) is 30.6 Å². The Morgan fingerprint density at radius 3 is 2.85 bits per heavy atom. The molecular formula is C13H15ClN4O2. The number of hydrogen-bond acceptors (Lipinski definition) is 4. The first-order valence-electron chi connectivity index (χ1n) is 6.34. The number of halogens is 1. The number of terminal acetylenes is 1. The molecule has 1 aromatic rings. The number of carbonyl (C=O) groups excluding carboxylic acids is 1. The van der Waals surface area contributed by atoms with Crippen LogP contribution in [0.5, 0.6) is 0 Å². The number of nitrogens with zero attached hydrogens (tertiary/aromatic N) is 3. The van der Waals surface area contributed by atoms with Crippen molar-refractivity contribution in [3.63, 3.8) is 0 Å². The van der Waals surface area contributed by atoms with Crippen molar-refractivity contribution in [1.82, 2.24) is 14.7 Å². The summed E-state index contributed by atoms with van der Waals surface area (Å²) in [6, 6.07) is 0. The largest absolute Gasteiger partial charge is 0.370 e. The summed E-state index contributed by atoms with van der Waals surface area (Å²) >= 11 is 5.93. The van der Waals surface area contributed by atoms with Gasteiger partial charge in [-0.3, -0.25) is 9.59 Å². The zero-order valence-electron chi connectivity index (χ0n) is 10.9. The summed E-state index contributed by atoms with van der Waals surface area (Å²) in [5.41, 5.74) is -0.269. The first kappa shape index (κ1) is 14.4. The number of nitrogens with one attached hydrogen (secondary N) is 1. The molecule has 6 nitrogen and oxygen atoms in total. The second-order valence-electron chi connectivity index (χ2n) is 4.48. The van der Waals surface area contributed by atoms with E-state index in [4.69, 9.17) is 18.0 Å². The Morgan fingerprint density at radius 2 is 2.20 bits per heavy atom. The zero-order valence-corrected chi connectivity index (χ0v) is 11.7. The van der Waals surface area contributed by atoms with Gasteiger partial charge in [-0.15, -0.1) is 6.42 Å². The number of anilines is 1. The molecule has 1 fully saturated rings. The van der Waals surface area contributed by atoms with Gasteiger partial charge < -0.3 is 10.2 Å². The number of rotatable bonds is 4. The highest BCUT2D eigenvalue weighted by Gasteiger charge is 2.18. The normalized spacial score (nSPS) is 14.1. The highest BCUT2D eigenvalue weighted by Crippen LogP contribution is 2.15. The van der Waals surface area contributed by atoms with Crippen molar-refractivity contribution < 1.29 is 4.79 Å². The van der Waals surface area contributed by atoms with Gasteiger partial charge in [0.1, 0.15) is 12.2 Å². The van der Waals surface area contributed by atoms with E-state index in [-0.39, 0.29) is 29.7 Å². The van der Waals surface area contributed by atoms with Crippen LogP contribution in [-0.2, 0) is 11.3 Å². The molecule has 0 spiro atoms. The molecule has 0 aliphatic carbocycles. The smallest absolute Gasteiger partial charge is 0.292 e. The van der Waals surface area contributed by atoms with Crippen LogP contribution in [0.2, 0.25) is 5.02 Å². The SMILES string of the molecule is C#CCn1ncc(Cl)c(NCC(=O)N2CCCC2)c1=O. The van der Waals surface area contributed by atoms with Gasteiger partial charge >= 0.3 is 0 Å². The molecule has 2 rings (SSSR count). The molecular weight excluding hydrogens is 280 g/mol. The first-order chi connectivity index (χ1) is 9.63. The molecule has 0 aromatic carbocycles. The summed E-state index contributed by atoms with van der Waals surface area (Å²) in [5.74, 6) is 2.29. The number of aromatic nitrogens is 2. The van der Waals surface area contributed by atoms with Crippen molar-refractivity contribution >= 4 is 23.2 Å². The van der Waals surface area contributed by atoms with Crippen LogP contribution < -0.4 is 10.9 Å². The Hall–Kier alpha value is -2.00. The van der Waals surface area contributed by atoms with E-state index in [0.29, 0.717) is 0 Å². The Kier molecular flexibility index (Phi) is 4.64. The van der Waals surface area contributed by atoms with Crippen LogP contribution in [0, 0.1) is 12.3 Å². The van der Waals surface area contributed by atoms with E-state index in [2.05, 4.69) is 16.3 Å². The van der Waals surface area contributed by atoms with Gasteiger partial charge in [0, 0.05) is 13.1 Å². The van der Waals surface area contributed by atoms with Crippen molar-refractivity contribution in [1.29, 1.82) is 0 Å². The van der Waals surface area contributed by atoms with Crippen LogP contribution in [-0.4, -0.2) is 40.2 Å². The summed E-state index contributed by atoms with van der Waals surface area (Å²) in [5, 5.41) is 6.80. The van der Waals surface area contributed by atoms with Crippen molar-refractivity contribution in [2.75, 3.05) is 25.0 Å². The van der Waals surface area contributed by atoms with E-state index in [1.54, 1.807) is 4.90 Å². The maximum atomic E-state index is 12.0. The minimum atomic E-state index is -0.426. The molecule has 1 saturated heterocycles. The standard InChI is InChI=1S/C13H15ClN4O2/c1-2-5-18-13(20)12(10(14)8-16-18)15-9-11(19)17-6-3-4-7-17/h1,8,15H,3-7,9H2. The average molecular weight is 295 g/mol. The zero-order chi connectivity index (χ0) is 14.5. The van der Waals surface area contributed by atoms with E-state index < -0.39 is 5.56 Å². The fraction of sp³-hybridized carbons (Fsp3) is 0.462. The van der Waals surface area contributed by atoms with Gasteiger partial charge in [-0.25, -0.2) is 4.68 Å². The summed E-state index contributed by atoms with van der Waals surface area (Å²) < 4.78 is 1.12. The van der Waals surface area contributed by atoms with Gasteiger partial charge in [0.15, 0.2) is 0 Å². The third-order valence-corrected chi connectivity index (χ3v) is 3.40. The minimum absolute atomic E-state index is 0.0367. The Morgan fingerprint density at radius 1 is 1.50 bits per heavy atom. The van der Waals surface area contributed by atoms with Gasteiger partial charge in [-0.2, -0.15) is 5.10 Å². The lowest BCUT2D eigenvalue weighted by Crippen LogP contribution is -2.35. The number of carbonyl (C=O) groups is 1. The second-order valence-corrected chi connectivity index (χ2v) is 4.88. The van der Waals surface area contributed by atoms with Crippen LogP contribution in [0.3, 0.4) is 0 Å². The average Bonchev–Trinajstić information content (AvgIpc) is 2.96. The van der Waals surface area contributed by atoms with Gasteiger partial charge in [-0.1, -0.05) is 17.5 Å². The fourth-order valence-electron chi connectivity index (χ4n) is 2.07. The topological polar surface area (TPSA) is 67.2 Å². The van der Waals surface area contributed by atoms with Gasteiger partial charge in [0.05, 0.1) is 17.8 Å². The highest BCUT2D eigenvalue weighted by atomic mass is 35.5. The van der Waals surface area contributed by atoms with E-state index in [1.165, 1.54) is 6.20 Å². The quantitative estimate of drug-likeness (QED) is 0.824. The van der Waals surface area contributed by atoms with Crippen molar-refractivity contribution in [3.05, 3.63) is 21.6 Å². The predicted octanol–water partition coefficient (Wildman–Crippen LogP) is 0.564. The van der Waals surface area contributed by atoms with Crippen molar-refractivity contribution in [2.45, 2.75) is 19.4 Å². The lowest BCUT2D eigenvalue weighted by Gasteiger charge is -2.16. The molecule has 20 heavy (non-hydrogen) atoms. The van der Waals surface area contributed by atoms with Crippen LogP contribution >= 0.6 is 11.6 Å². The van der Waals surface area contributed by atoms with Gasteiger partial charge in [0.25, 0.3) is 5.56 Å². The maximum Gasteiger partial charge on any atom is 0.292 e. The Bertz CT molecular complexity index is 599.